The summed E-state index contributed by atoms with van der Waals surface area (Å²) in [6.45, 7) is 3.84. The highest BCUT2D eigenvalue weighted by Crippen LogP contribution is 2.27. The molecule has 0 radical (unpaired) electrons. The zero-order valence-electron chi connectivity index (χ0n) is 11.3. The van der Waals surface area contributed by atoms with Crippen molar-refractivity contribution in [3.63, 3.8) is 0 Å². The molecule has 4 nitrogen and oxygen atoms in total. The van der Waals surface area contributed by atoms with Crippen molar-refractivity contribution in [2.45, 2.75) is 36.4 Å². The van der Waals surface area contributed by atoms with Crippen LogP contribution in [0.25, 0.3) is 0 Å². The number of halogens is 1. The van der Waals surface area contributed by atoms with E-state index in [1.165, 1.54) is 11.3 Å². The van der Waals surface area contributed by atoms with E-state index in [4.69, 9.17) is 0 Å². The molecule has 1 aromatic rings. The van der Waals surface area contributed by atoms with Crippen molar-refractivity contribution in [2.75, 3.05) is 20.1 Å². The van der Waals surface area contributed by atoms with Gasteiger partial charge in [0.1, 0.15) is 4.21 Å². The van der Waals surface area contributed by atoms with E-state index in [2.05, 4.69) is 5.32 Å². The highest BCUT2D eigenvalue weighted by atomic mass is 35.5. The van der Waals surface area contributed by atoms with E-state index < -0.39 is 10.0 Å². The van der Waals surface area contributed by atoms with E-state index in [0.717, 1.165) is 37.2 Å². The van der Waals surface area contributed by atoms with Crippen LogP contribution in [0.3, 0.4) is 0 Å². The number of nitrogens with zero attached hydrogens (tertiary/aromatic N) is 1. The van der Waals surface area contributed by atoms with Gasteiger partial charge in [-0.05, 0) is 44.5 Å². The van der Waals surface area contributed by atoms with Gasteiger partial charge in [-0.25, -0.2) is 8.42 Å². The Morgan fingerprint density at radius 3 is 2.53 bits per heavy atom. The lowest BCUT2D eigenvalue weighted by molar-refractivity contribution is 0.297. The predicted molar refractivity (Wildman–Crippen MR) is 81.8 cm³/mol. The first-order chi connectivity index (χ1) is 8.55. The molecule has 19 heavy (non-hydrogen) atoms. The van der Waals surface area contributed by atoms with Gasteiger partial charge in [0.05, 0.1) is 0 Å². The summed E-state index contributed by atoms with van der Waals surface area (Å²) in [5.41, 5.74) is 0. The molecule has 1 aromatic heterocycles. The minimum Gasteiger partial charge on any atom is -0.317 e. The number of nitrogens with one attached hydrogen (secondary N) is 1. The predicted octanol–water partition coefficient (Wildman–Crippen LogP) is 2.10. The molecular formula is C12H21ClN2O2S2. The second kappa shape index (κ2) is 7.04. The molecule has 110 valence electrons. The Morgan fingerprint density at radius 1 is 1.37 bits per heavy atom. The van der Waals surface area contributed by atoms with Gasteiger partial charge in [-0.1, -0.05) is 6.92 Å². The maximum atomic E-state index is 12.5. The summed E-state index contributed by atoms with van der Waals surface area (Å²) in [7, 11) is -1.60. The number of hydrogen-bond donors (Lipinski definition) is 1. The van der Waals surface area contributed by atoms with Crippen LogP contribution in [0.2, 0.25) is 0 Å². The van der Waals surface area contributed by atoms with E-state index >= 15 is 0 Å². The first-order valence-electron chi connectivity index (χ1n) is 6.33. The molecule has 0 aromatic carbocycles. The Bertz CT molecular complexity index is 496. The van der Waals surface area contributed by atoms with Crippen LogP contribution in [0.1, 0.15) is 24.6 Å². The topological polar surface area (TPSA) is 49.4 Å². The SMILES string of the molecule is CCc1ccc(S(=O)(=O)N(C)C2CCNCC2)s1.Cl. The number of rotatable bonds is 4. The first-order valence-corrected chi connectivity index (χ1v) is 8.59. The van der Waals surface area contributed by atoms with Gasteiger partial charge in [-0.15, -0.1) is 23.7 Å². The lowest BCUT2D eigenvalue weighted by Crippen LogP contribution is -2.43. The maximum Gasteiger partial charge on any atom is 0.252 e. The molecule has 0 aliphatic carbocycles. The third kappa shape index (κ3) is 3.70. The van der Waals surface area contributed by atoms with Crippen molar-refractivity contribution in [2.24, 2.45) is 0 Å². The highest BCUT2D eigenvalue weighted by molar-refractivity contribution is 7.91. The molecule has 1 N–H and O–H groups in total. The van der Waals surface area contributed by atoms with E-state index in [1.807, 2.05) is 13.0 Å². The largest absolute Gasteiger partial charge is 0.317 e. The molecule has 0 bridgehead atoms. The normalized spacial score (nSPS) is 17.4. The first kappa shape index (κ1) is 16.9. The van der Waals surface area contributed by atoms with Crippen LogP contribution in [0, 0.1) is 0 Å². The minimum absolute atomic E-state index is 0. The quantitative estimate of drug-likeness (QED) is 0.922. The van der Waals surface area contributed by atoms with Crippen LogP contribution >= 0.6 is 23.7 Å². The molecular weight excluding hydrogens is 304 g/mol. The molecule has 0 unspecified atom stereocenters. The number of piperidine rings is 1. The van der Waals surface area contributed by atoms with Crippen molar-refractivity contribution in [3.8, 4) is 0 Å². The van der Waals surface area contributed by atoms with Gasteiger partial charge in [0.25, 0.3) is 10.0 Å². The zero-order valence-corrected chi connectivity index (χ0v) is 13.7. The van der Waals surface area contributed by atoms with Gasteiger partial charge in [0, 0.05) is 18.0 Å². The average Bonchev–Trinajstić information content (AvgIpc) is 2.88. The fraction of sp³-hybridized carbons (Fsp3) is 0.667. The molecule has 0 atom stereocenters. The number of thiophene rings is 1. The summed E-state index contributed by atoms with van der Waals surface area (Å²) in [4.78, 5) is 1.12. The molecule has 0 saturated carbocycles. The second-order valence-corrected chi connectivity index (χ2v) is 7.97. The van der Waals surface area contributed by atoms with Gasteiger partial charge in [0.2, 0.25) is 0 Å². The smallest absolute Gasteiger partial charge is 0.252 e. The highest BCUT2D eigenvalue weighted by Gasteiger charge is 2.29. The van der Waals surface area contributed by atoms with Crippen LogP contribution in [-0.4, -0.2) is 38.9 Å². The molecule has 0 amide bonds. The molecule has 7 heteroatoms. The Kier molecular flexibility index (Phi) is 6.26. The Hall–Kier alpha value is -0.140. The summed E-state index contributed by atoms with van der Waals surface area (Å²) < 4.78 is 27.0. The van der Waals surface area contributed by atoms with Crippen LogP contribution in [-0.2, 0) is 16.4 Å². The van der Waals surface area contributed by atoms with Gasteiger partial charge in [-0.2, -0.15) is 4.31 Å². The fourth-order valence-corrected chi connectivity index (χ4v) is 5.09. The van der Waals surface area contributed by atoms with E-state index in [-0.39, 0.29) is 18.4 Å². The van der Waals surface area contributed by atoms with Crippen LogP contribution in [0.5, 0.6) is 0 Å². The number of aryl methyl sites for hydroxylation is 1. The van der Waals surface area contributed by atoms with E-state index in [9.17, 15) is 8.42 Å². The lowest BCUT2D eigenvalue weighted by Gasteiger charge is -2.30. The van der Waals surface area contributed by atoms with E-state index in [1.54, 1.807) is 17.4 Å². The summed E-state index contributed by atoms with van der Waals surface area (Å²) >= 11 is 1.39. The summed E-state index contributed by atoms with van der Waals surface area (Å²) in [6.07, 6.45) is 2.67. The summed E-state index contributed by atoms with van der Waals surface area (Å²) in [5, 5.41) is 3.26. The Labute approximate surface area is 125 Å². The van der Waals surface area contributed by atoms with Gasteiger partial charge in [0.15, 0.2) is 0 Å². The zero-order chi connectivity index (χ0) is 13.2. The van der Waals surface area contributed by atoms with Gasteiger partial charge < -0.3 is 5.32 Å². The molecule has 2 heterocycles. The van der Waals surface area contributed by atoms with Crippen LogP contribution in [0.15, 0.2) is 16.3 Å². The Balaban J connectivity index is 0.00000180. The third-order valence-corrected chi connectivity index (χ3v) is 7.05. The molecule has 1 aliphatic rings. The second-order valence-electron chi connectivity index (χ2n) is 4.58. The number of hydrogen-bond acceptors (Lipinski definition) is 4. The molecule has 1 fully saturated rings. The van der Waals surface area contributed by atoms with Gasteiger partial charge in [-0.3, -0.25) is 0 Å². The average molecular weight is 325 g/mol. The summed E-state index contributed by atoms with van der Waals surface area (Å²) in [5.74, 6) is 0. The fourth-order valence-electron chi connectivity index (χ4n) is 2.20. The van der Waals surface area contributed by atoms with E-state index in [0.29, 0.717) is 4.21 Å². The standard InChI is InChI=1S/C12H20N2O2S2.ClH/c1-3-11-4-5-12(17-11)18(15,16)14(2)10-6-8-13-9-7-10;/h4-5,10,13H,3,6-9H2,1-2H3;1H. The van der Waals surface area contributed by atoms with Crippen molar-refractivity contribution in [1.82, 2.24) is 9.62 Å². The van der Waals surface area contributed by atoms with Crippen molar-refractivity contribution in [3.05, 3.63) is 17.0 Å². The monoisotopic (exact) mass is 324 g/mol. The molecule has 2 rings (SSSR count). The van der Waals surface area contributed by atoms with Crippen molar-refractivity contribution < 1.29 is 8.42 Å². The minimum atomic E-state index is -3.30. The van der Waals surface area contributed by atoms with Crippen LogP contribution < -0.4 is 5.32 Å². The Morgan fingerprint density at radius 2 is 2.00 bits per heavy atom. The number of sulfonamides is 1. The lowest BCUT2D eigenvalue weighted by atomic mass is 10.1. The van der Waals surface area contributed by atoms with Crippen molar-refractivity contribution >= 4 is 33.8 Å². The third-order valence-electron chi connectivity index (χ3n) is 3.44. The molecule has 0 spiro atoms. The summed E-state index contributed by atoms with van der Waals surface area (Å²) in [6, 6.07) is 3.77. The van der Waals surface area contributed by atoms with Crippen molar-refractivity contribution in [1.29, 1.82) is 0 Å². The molecule has 1 saturated heterocycles. The maximum absolute atomic E-state index is 12.5. The van der Waals surface area contributed by atoms with Crippen LogP contribution in [0.4, 0.5) is 0 Å². The van der Waals surface area contributed by atoms with Gasteiger partial charge >= 0.3 is 0 Å². The molecule has 1 aliphatic heterocycles.